The summed E-state index contributed by atoms with van der Waals surface area (Å²) >= 11 is 0. The number of carbonyl (C=O) groups is 2. The molecule has 0 bridgehead atoms. The maximum atomic E-state index is 11.9. The van der Waals surface area contributed by atoms with Crippen LogP contribution in [0.3, 0.4) is 0 Å². The summed E-state index contributed by atoms with van der Waals surface area (Å²) in [5, 5.41) is 11.7. The molecule has 1 rings (SSSR count). The normalized spacial score (nSPS) is 21.8. The highest BCUT2D eigenvalue weighted by Crippen LogP contribution is 2.18. The van der Waals surface area contributed by atoms with Gasteiger partial charge in [0.2, 0.25) is 11.8 Å². The van der Waals surface area contributed by atoms with Gasteiger partial charge in [0.25, 0.3) is 0 Å². The maximum Gasteiger partial charge on any atom is 0.225 e. The lowest BCUT2D eigenvalue weighted by Gasteiger charge is -2.33. The maximum absolute atomic E-state index is 11.9. The summed E-state index contributed by atoms with van der Waals surface area (Å²) in [6.45, 7) is 6.70. The lowest BCUT2D eigenvalue weighted by Crippen LogP contribution is -2.48. The van der Waals surface area contributed by atoms with E-state index in [2.05, 4.69) is 5.32 Å². The van der Waals surface area contributed by atoms with Crippen molar-refractivity contribution in [1.29, 1.82) is 0 Å². The average molecular weight is 256 g/mol. The molecule has 1 heterocycles. The predicted octanol–water partition coefficient (Wildman–Crippen LogP) is 0.378. The van der Waals surface area contributed by atoms with Crippen molar-refractivity contribution in [2.24, 2.45) is 11.8 Å². The van der Waals surface area contributed by atoms with Crippen LogP contribution in [0.5, 0.6) is 0 Å². The van der Waals surface area contributed by atoms with Crippen molar-refractivity contribution in [3.05, 3.63) is 0 Å². The van der Waals surface area contributed by atoms with E-state index < -0.39 is 0 Å². The van der Waals surface area contributed by atoms with E-state index in [4.69, 9.17) is 5.11 Å². The van der Waals surface area contributed by atoms with Crippen LogP contribution in [0, 0.1) is 11.8 Å². The fourth-order valence-electron chi connectivity index (χ4n) is 2.16. The second-order valence-corrected chi connectivity index (χ2v) is 5.37. The first-order valence-electron chi connectivity index (χ1n) is 6.65. The van der Waals surface area contributed by atoms with Crippen molar-refractivity contribution in [3.8, 4) is 0 Å². The number of aliphatic hydroxyl groups excluding tert-OH is 1. The molecule has 0 aromatic heterocycles. The zero-order valence-electron chi connectivity index (χ0n) is 11.5. The largest absolute Gasteiger partial charge is 0.394 e. The first kappa shape index (κ1) is 15.0. The third-order valence-electron chi connectivity index (χ3n) is 3.26. The molecular weight excluding hydrogens is 232 g/mol. The highest BCUT2D eigenvalue weighted by atomic mass is 16.3. The summed E-state index contributed by atoms with van der Waals surface area (Å²) in [4.78, 5) is 25.6. The quantitative estimate of drug-likeness (QED) is 0.764. The topological polar surface area (TPSA) is 69.6 Å². The van der Waals surface area contributed by atoms with E-state index in [1.165, 1.54) is 0 Å². The Morgan fingerprint density at radius 3 is 2.61 bits per heavy atom. The van der Waals surface area contributed by atoms with Crippen LogP contribution in [0.2, 0.25) is 0 Å². The molecule has 1 aliphatic rings. The first-order valence-corrected chi connectivity index (χ1v) is 6.65. The van der Waals surface area contributed by atoms with Crippen LogP contribution < -0.4 is 5.32 Å². The first-order chi connectivity index (χ1) is 8.45. The van der Waals surface area contributed by atoms with E-state index >= 15 is 0 Å². The van der Waals surface area contributed by atoms with E-state index in [1.54, 1.807) is 11.8 Å². The molecule has 0 radical (unpaired) electrons. The molecule has 2 atom stereocenters. The number of aliphatic hydroxyl groups is 1. The number of amides is 2. The number of rotatable bonds is 4. The van der Waals surface area contributed by atoms with Gasteiger partial charge in [-0.05, 0) is 19.8 Å². The van der Waals surface area contributed by atoms with Gasteiger partial charge in [0.05, 0.1) is 12.5 Å². The summed E-state index contributed by atoms with van der Waals surface area (Å²) in [5.41, 5.74) is 0. The zero-order valence-corrected chi connectivity index (χ0v) is 11.5. The molecule has 0 aromatic carbocycles. The van der Waals surface area contributed by atoms with E-state index in [0.717, 1.165) is 19.4 Å². The van der Waals surface area contributed by atoms with E-state index in [9.17, 15) is 9.59 Å². The number of piperidine rings is 1. The van der Waals surface area contributed by atoms with E-state index in [1.807, 2.05) is 13.8 Å². The predicted molar refractivity (Wildman–Crippen MR) is 68.8 cm³/mol. The Kier molecular flexibility index (Phi) is 5.59. The van der Waals surface area contributed by atoms with Crippen molar-refractivity contribution in [2.45, 2.75) is 39.7 Å². The molecule has 104 valence electrons. The minimum absolute atomic E-state index is 0.0248. The van der Waals surface area contributed by atoms with Crippen LogP contribution in [0.1, 0.15) is 33.6 Å². The summed E-state index contributed by atoms with van der Waals surface area (Å²) in [7, 11) is 0. The van der Waals surface area contributed by atoms with Crippen LogP contribution in [0.15, 0.2) is 0 Å². The van der Waals surface area contributed by atoms with Gasteiger partial charge in [-0.1, -0.05) is 13.8 Å². The zero-order chi connectivity index (χ0) is 13.7. The Labute approximate surface area is 109 Å². The summed E-state index contributed by atoms with van der Waals surface area (Å²) in [6, 6.07) is -0.228. The van der Waals surface area contributed by atoms with Gasteiger partial charge < -0.3 is 15.3 Å². The SMILES string of the molecule is CC(C)C(=O)N1CCCC(C(=O)N[C@@H](C)CO)C1. The Bertz CT molecular complexity index is 305. The molecule has 1 saturated heterocycles. The molecule has 0 aromatic rings. The molecule has 0 spiro atoms. The van der Waals surface area contributed by atoms with Crippen molar-refractivity contribution < 1.29 is 14.7 Å². The van der Waals surface area contributed by atoms with Gasteiger partial charge in [-0.3, -0.25) is 9.59 Å². The van der Waals surface area contributed by atoms with Crippen LogP contribution in [-0.4, -0.2) is 47.6 Å². The molecule has 1 fully saturated rings. The Hall–Kier alpha value is -1.10. The van der Waals surface area contributed by atoms with Crippen molar-refractivity contribution in [3.63, 3.8) is 0 Å². The third kappa shape index (κ3) is 3.98. The Balaban J connectivity index is 2.53. The van der Waals surface area contributed by atoms with E-state index in [0.29, 0.717) is 6.54 Å². The molecule has 2 amide bonds. The average Bonchev–Trinajstić information content (AvgIpc) is 2.37. The van der Waals surface area contributed by atoms with Crippen molar-refractivity contribution in [2.75, 3.05) is 19.7 Å². The van der Waals surface area contributed by atoms with Gasteiger partial charge in [0.15, 0.2) is 0 Å². The smallest absolute Gasteiger partial charge is 0.225 e. The van der Waals surface area contributed by atoms with Crippen LogP contribution in [-0.2, 0) is 9.59 Å². The summed E-state index contributed by atoms with van der Waals surface area (Å²) < 4.78 is 0. The summed E-state index contributed by atoms with van der Waals surface area (Å²) in [6.07, 6.45) is 1.68. The van der Waals surface area contributed by atoms with Crippen LogP contribution in [0.4, 0.5) is 0 Å². The van der Waals surface area contributed by atoms with Gasteiger partial charge in [0, 0.05) is 25.0 Å². The number of carbonyl (C=O) groups excluding carboxylic acids is 2. The highest BCUT2D eigenvalue weighted by Gasteiger charge is 2.29. The van der Waals surface area contributed by atoms with Gasteiger partial charge in [-0.15, -0.1) is 0 Å². The number of nitrogens with zero attached hydrogens (tertiary/aromatic N) is 1. The molecule has 18 heavy (non-hydrogen) atoms. The molecule has 1 unspecified atom stereocenters. The Morgan fingerprint density at radius 2 is 2.06 bits per heavy atom. The Morgan fingerprint density at radius 1 is 1.39 bits per heavy atom. The molecule has 2 N–H and O–H groups in total. The van der Waals surface area contributed by atoms with Crippen LogP contribution >= 0.6 is 0 Å². The number of hydrogen-bond acceptors (Lipinski definition) is 3. The fourth-order valence-corrected chi connectivity index (χ4v) is 2.16. The molecule has 5 heteroatoms. The molecular formula is C13H24N2O3. The minimum atomic E-state index is -0.228. The second-order valence-electron chi connectivity index (χ2n) is 5.37. The standard InChI is InChI=1S/C13H24N2O3/c1-9(2)13(18)15-6-4-5-11(7-15)12(17)14-10(3)8-16/h9-11,16H,4-8H2,1-3H3,(H,14,17)/t10-,11?/m0/s1. The lowest BCUT2D eigenvalue weighted by molar-refractivity contribution is -0.138. The van der Waals surface area contributed by atoms with Gasteiger partial charge in [-0.25, -0.2) is 0 Å². The van der Waals surface area contributed by atoms with Gasteiger partial charge >= 0.3 is 0 Å². The number of nitrogens with one attached hydrogen (secondary N) is 1. The molecule has 0 saturated carbocycles. The van der Waals surface area contributed by atoms with E-state index in [-0.39, 0.29) is 36.3 Å². The third-order valence-corrected chi connectivity index (χ3v) is 3.26. The minimum Gasteiger partial charge on any atom is -0.394 e. The number of hydrogen-bond donors (Lipinski definition) is 2. The van der Waals surface area contributed by atoms with Crippen molar-refractivity contribution >= 4 is 11.8 Å². The molecule has 1 aliphatic heterocycles. The highest BCUT2D eigenvalue weighted by molar-refractivity contribution is 5.82. The summed E-state index contributed by atoms with van der Waals surface area (Å²) in [5.74, 6) is -0.112. The fraction of sp³-hybridized carbons (Fsp3) is 0.846. The van der Waals surface area contributed by atoms with Crippen molar-refractivity contribution in [1.82, 2.24) is 10.2 Å². The number of likely N-dealkylation sites (tertiary alicyclic amines) is 1. The van der Waals surface area contributed by atoms with Crippen LogP contribution in [0.25, 0.3) is 0 Å². The van der Waals surface area contributed by atoms with Gasteiger partial charge in [-0.2, -0.15) is 0 Å². The molecule has 0 aliphatic carbocycles. The second kappa shape index (κ2) is 6.73. The molecule has 5 nitrogen and oxygen atoms in total. The van der Waals surface area contributed by atoms with Gasteiger partial charge in [0.1, 0.15) is 0 Å². The monoisotopic (exact) mass is 256 g/mol. The lowest BCUT2D eigenvalue weighted by atomic mass is 9.96.